The van der Waals surface area contributed by atoms with Gasteiger partial charge in [0.05, 0.1) is 25.4 Å². The van der Waals surface area contributed by atoms with Gasteiger partial charge in [-0.1, -0.05) is 301 Å². The van der Waals surface area contributed by atoms with Gasteiger partial charge in [0, 0.05) is 6.42 Å². The van der Waals surface area contributed by atoms with Crippen LogP contribution in [0.5, 0.6) is 0 Å². The summed E-state index contributed by atoms with van der Waals surface area (Å²) in [6, 6.07) is -0.822. The Labute approximate surface area is 514 Å². The van der Waals surface area contributed by atoms with E-state index in [-0.39, 0.29) is 12.5 Å². The van der Waals surface area contributed by atoms with Crippen LogP contribution in [0.15, 0.2) is 146 Å². The molecule has 1 heterocycles. The van der Waals surface area contributed by atoms with Crippen molar-refractivity contribution < 1.29 is 39.8 Å². The summed E-state index contributed by atoms with van der Waals surface area (Å²) < 4.78 is 11.3. The summed E-state index contributed by atoms with van der Waals surface area (Å²) in [6.45, 7) is 3.67. The Morgan fingerprint density at radius 1 is 0.417 bits per heavy atom. The van der Waals surface area contributed by atoms with Gasteiger partial charge in [0.1, 0.15) is 24.4 Å². The number of amides is 1. The molecule has 1 amide bonds. The molecule has 1 rings (SSSR count). The molecule has 0 aromatic carbocycles. The molecule has 1 saturated heterocycles. The summed E-state index contributed by atoms with van der Waals surface area (Å²) in [6.07, 6.45) is 89.3. The second kappa shape index (κ2) is 62.1. The highest BCUT2D eigenvalue weighted by molar-refractivity contribution is 5.76. The fraction of sp³-hybridized carbons (Fsp3) is 0.667. The molecule has 84 heavy (non-hydrogen) atoms. The predicted molar refractivity (Wildman–Crippen MR) is 359 cm³/mol. The number of rotatable bonds is 57. The number of carbonyl (C=O) groups excluding carboxylic acids is 1. The van der Waals surface area contributed by atoms with Crippen molar-refractivity contribution in [3.05, 3.63) is 146 Å². The number of aliphatic hydroxyl groups is 5. The minimum absolute atomic E-state index is 0.192. The molecule has 0 aromatic rings. The van der Waals surface area contributed by atoms with Gasteiger partial charge in [-0.3, -0.25) is 4.79 Å². The molecule has 1 aliphatic heterocycles. The van der Waals surface area contributed by atoms with Crippen molar-refractivity contribution >= 4 is 5.91 Å². The fourth-order valence-corrected chi connectivity index (χ4v) is 9.87. The molecule has 0 aliphatic carbocycles. The van der Waals surface area contributed by atoms with Gasteiger partial charge in [-0.05, 0) is 103 Å². The molecule has 9 heteroatoms. The second-order valence-electron chi connectivity index (χ2n) is 22.9. The van der Waals surface area contributed by atoms with Gasteiger partial charge in [-0.2, -0.15) is 0 Å². The van der Waals surface area contributed by atoms with Gasteiger partial charge in [0.25, 0.3) is 0 Å². The predicted octanol–water partition coefficient (Wildman–Crippen LogP) is 18.6. The van der Waals surface area contributed by atoms with E-state index >= 15 is 0 Å². The lowest BCUT2D eigenvalue weighted by molar-refractivity contribution is -0.302. The van der Waals surface area contributed by atoms with Crippen molar-refractivity contribution in [1.82, 2.24) is 5.32 Å². The van der Waals surface area contributed by atoms with Gasteiger partial charge in [0.2, 0.25) is 5.91 Å². The van der Waals surface area contributed by atoms with Crippen LogP contribution in [0.25, 0.3) is 0 Å². The molecular formula is C75H125NO8. The first kappa shape index (κ1) is 78.1. The third-order valence-electron chi connectivity index (χ3n) is 15.2. The summed E-state index contributed by atoms with van der Waals surface area (Å²) in [7, 11) is 0. The first-order chi connectivity index (χ1) is 41.3. The third kappa shape index (κ3) is 50.2. The largest absolute Gasteiger partial charge is 0.394 e. The molecule has 0 bridgehead atoms. The lowest BCUT2D eigenvalue weighted by Gasteiger charge is -2.40. The second-order valence-corrected chi connectivity index (χ2v) is 22.9. The van der Waals surface area contributed by atoms with Crippen molar-refractivity contribution in [3.8, 4) is 0 Å². The normalized spacial score (nSPS) is 19.2. The van der Waals surface area contributed by atoms with Crippen LogP contribution < -0.4 is 5.32 Å². The van der Waals surface area contributed by atoms with Gasteiger partial charge < -0.3 is 40.3 Å². The lowest BCUT2D eigenvalue weighted by Crippen LogP contribution is -2.60. The highest BCUT2D eigenvalue weighted by Gasteiger charge is 2.44. The number of allylic oxidation sites excluding steroid dienone is 23. The molecule has 0 aromatic heterocycles. The first-order valence-corrected chi connectivity index (χ1v) is 34.1. The van der Waals surface area contributed by atoms with Gasteiger partial charge in [-0.25, -0.2) is 0 Å². The Morgan fingerprint density at radius 2 is 0.738 bits per heavy atom. The van der Waals surface area contributed by atoms with Gasteiger partial charge >= 0.3 is 0 Å². The summed E-state index contributed by atoms with van der Waals surface area (Å²) >= 11 is 0. The molecule has 9 nitrogen and oxygen atoms in total. The van der Waals surface area contributed by atoms with E-state index < -0.39 is 49.5 Å². The van der Waals surface area contributed by atoms with Crippen molar-refractivity contribution in [3.63, 3.8) is 0 Å². The average Bonchev–Trinajstić information content (AvgIpc) is 3.70. The van der Waals surface area contributed by atoms with Crippen LogP contribution in [0.4, 0.5) is 0 Å². The monoisotopic (exact) mass is 1170 g/mol. The first-order valence-electron chi connectivity index (χ1n) is 34.1. The maximum Gasteiger partial charge on any atom is 0.220 e. The Kier molecular flexibility index (Phi) is 57.8. The van der Waals surface area contributed by atoms with Crippen LogP contribution >= 0.6 is 0 Å². The number of ether oxygens (including phenoxy) is 2. The number of hydrogen-bond donors (Lipinski definition) is 6. The Hall–Kier alpha value is -3.93. The van der Waals surface area contributed by atoms with E-state index in [1.807, 2.05) is 6.08 Å². The standard InChI is InChI=1S/C75H125NO8/c1-3-5-7-9-11-13-15-17-19-21-23-25-26-27-28-29-30-31-32-33-34-35-36-37-38-39-40-41-42-43-44-45-47-49-51-53-55-57-59-61-63-65-71(79)76-68(67-83-75-74(82)73(81)72(80)70(66-77)84-75)69(78)64-62-60-58-56-54-52-50-48-46-24-22-20-18-16-14-12-10-8-6-4-2/h5,7,11,13,17,19,23,25,27-28,30-31,33-34,36-37,39-40,42-43,45,47,62,64,68-70,72-75,77-78,80-82H,3-4,6,8-10,12,14-16,18,20-22,24,26,29,32,35,38,41,44,46,48-61,63,65-67H2,1-2H3,(H,76,79)/b7-5-,13-11-,19-17-,25-23-,28-27-,31-30-,34-33-,37-36-,40-39-,43-42-,47-45-,64-62+. The molecule has 6 N–H and O–H groups in total. The van der Waals surface area contributed by atoms with E-state index in [0.29, 0.717) is 6.42 Å². The molecule has 1 fully saturated rings. The minimum Gasteiger partial charge on any atom is -0.394 e. The number of unbranched alkanes of at least 4 members (excludes halogenated alkanes) is 25. The zero-order valence-corrected chi connectivity index (χ0v) is 53.4. The molecule has 1 aliphatic rings. The van der Waals surface area contributed by atoms with Crippen LogP contribution in [0.3, 0.4) is 0 Å². The van der Waals surface area contributed by atoms with E-state index in [9.17, 15) is 30.3 Å². The fourth-order valence-electron chi connectivity index (χ4n) is 9.87. The van der Waals surface area contributed by atoms with Gasteiger partial charge in [-0.15, -0.1) is 0 Å². The maximum atomic E-state index is 13.1. The number of hydrogen-bond acceptors (Lipinski definition) is 8. The molecule has 0 spiro atoms. The Bertz CT molecular complexity index is 1830. The van der Waals surface area contributed by atoms with Crippen molar-refractivity contribution in [2.75, 3.05) is 13.2 Å². The molecular weight excluding hydrogens is 1040 g/mol. The Balaban J connectivity index is 2.17. The molecule has 0 radical (unpaired) electrons. The zero-order valence-electron chi connectivity index (χ0n) is 53.4. The number of aliphatic hydroxyl groups excluding tert-OH is 5. The van der Waals surface area contributed by atoms with E-state index in [1.165, 1.54) is 122 Å². The molecule has 0 saturated carbocycles. The van der Waals surface area contributed by atoms with Crippen molar-refractivity contribution in [2.45, 2.75) is 307 Å². The van der Waals surface area contributed by atoms with E-state index in [4.69, 9.17) is 9.47 Å². The van der Waals surface area contributed by atoms with Gasteiger partial charge in [0.15, 0.2) is 6.29 Å². The van der Waals surface area contributed by atoms with Crippen LogP contribution in [-0.4, -0.2) is 87.5 Å². The lowest BCUT2D eigenvalue weighted by atomic mass is 9.99. The summed E-state index contributed by atoms with van der Waals surface area (Å²) in [5.74, 6) is -0.192. The SMILES string of the molecule is CC/C=C\C/C=C\C/C=C\C/C=C\C/C=C\C/C=C\C/C=C\C/C=C\C/C=C\C/C=C\C/C=C\CCCCCCCCCC(=O)NC(COC1OC(CO)C(O)C(O)C1O)C(O)/C=C/CCCCCCCCCCCCCCCCCCCC. The van der Waals surface area contributed by atoms with Crippen molar-refractivity contribution in [2.24, 2.45) is 0 Å². The van der Waals surface area contributed by atoms with Crippen LogP contribution in [0.2, 0.25) is 0 Å². The molecule has 7 atom stereocenters. The van der Waals surface area contributed by atoms with E-state index in [0.717, 1.165) is 122 Å². The van der Waals surface area contributed by atoms with Crippen LogP contribution in [0.1, 0.15) is 264 Å². The minimum atomic E-state index is -1.58. The zero-order chi connectivity index (χ0) is 60.7. The molecule has 7 unspecified atom stereocenters. The van der Waals surface area contributed by atoms with Crippen molar-refractivity contribution in [1.29, 1.82) is 0 Å². The number of carbonyl (C=O) groups is 1. The number of nitrogens with one attached hydrogen (secondary N) is 1. The van der Waals surface area contributed by atoms with Crippen LogP contribution in [0, 0.1) is 0 Å². The Morgan fingerprint density at radius 3 is 1.10 bits per heavy atom. The summed E-state index contributed by atoms with van der Waals surface area (Å²) in [5, 5.41) is 54.7. The van der Waals surface area contributed by atoms with E-state index in [2.05, 4.69) is 153 Å². The topological polar surface area (TPSA) is 149 Å². The highest BCUT2D eigenvalue weighted by atomic mass is 16.7. The smallest absolute Gasteiger partial charge is 0.220 e. The highest BCUT2D eigenvalue weighted by Crippen LogP contribution is 2.23. The quantitative estimate of drug-likeness (QED) is 0.0261. The third-order valence-corrected chi connectivity index (χ3v) is 15.2. The van der Waals surface area contributed by atoms with E-state index in [1.54, 1.807) is 6.08 Å². The van der Waals surface area contributed by atoms with Crippen LogP contribution in [-0.2, 0) is 14.3 Å². The average molecular weight is 1170 g/mol. The maximum absolute atomic E-state index is 13.1. The summed E-state index contributed by atoms with van der Waals surface area (Å²) in [4.78, 5) is 13.1. The molecule has 478 valence electrons. The summed E-state index contributed by atoms with van der Waals surface area (Å²) in [5.41, 5.74) is 0.